The van der Waals surface area contributed by atoms with Crippen LogP contribution in [0.2, 0.25) is 0 Å². The molecule has 3 N–H and O–H groups in total. The average molecular weight is 464 g/mol. The molecule has 186 valence electrons. The Morgan fingerprint density at radius 2 is 1.45 bits per heavy atom. The fourth-order valence-electron chi connectivity index (χ4n) is 4.12. The summed E-state index contributed by atoms with van der Waals surface area (Å²) in [6, 6.07) is 8.46. The van der Waals surface area contributed by atoms with Crippen LogP contribution in [0.4, 0.5) is 5.69 Å². The normalized spacial score (nSPS) is 20.8. The largest absolute Gasteiger partial charge is 0.480 e. The summed E-state index contributed by atoms with van der Waals surface area (Å²) < 4.78 is 0. The van der Waals surface area contributed by atoms with E-state index < -0.39 is 11.9 Å². The number of nitrogens with one attached hydrogen (secondary N) is 1. The minimum atomic E-state index is -0.865. The summed E-state index contributed by atoms with van der Waals surface area (Å²) in [5, 5.41) is 22.4. The highest BCUT2D eigenvalue weighted by Crippen LogP contribution is 2.16. The number of nitrogens with zero attached hydrogens (tertiary/aromatic N) is 4. The molecule has 1 fully saturated rings. The number of hydrogen-bond acceptors (Lipinski definition) is 7. The number of carboxylic acids is 2. The molecule has 1 saturated heterocycles. The second-order valence-corrected chi connectivity index (χ2v) is 9.45. The molecule has 1 atom stereocenters. The highest BCUT2D eigenvalue weighted by Gasteiger charge is 2.26. The SMILES string of the molecule is CC(C)Nc1ccc(CC2CN(CC(=O)O)CCN(C)CCN(C)CCN2CC(=O)O)cc1. The molecule has 9 nitrogen and oxygen atoms in total. The molecule has 9 heteroatoms. The fourth-order valence-corrected chi connectivity index (χ4v) is 4.12. The highest BCUT2D eigenvalue weighted by molar-refractivity contribution is 5.69. The summed E-state index contributed by atoms with van der Waals surface area (Å²) in [4.78, 5) is 31.6. The minimum absolute atomic E-state index is 0.0532. The van der Waals surface area contributed by atoms with Crippen molar-refractivity contribution in [3.8, 4) is 0 Å². The number of benzene rings is 1. The lowest BCUT2D eigenvalue weighted by molar-refractivity contribution is -0.141. The maximum absolute atomic E-state index is 11.7. The zero-order valence-electron chi connectivity index (χ0n) is 20.5. The first-order chi connectivity index (χ1) is 15.6. The van der Waals surface area contributed by atoms with Crippen molar-refractivity contribution < 1.29 is 19.8 Å². The molecule has 0 aromatic heterocycles. The Morgan fingerprint density at radius 3 is 2.00 bits per heavy atom. The molecule has 0 bridgehead atoms. The van der Waals surface area contributed by atoms with Gasteiger partial charge >= 0.3 is 11.9 Å². The molecule has 2 rings (SSSR count). The average Bonchev–Trinajstić information content (AvgIpc) is 2.72. The molecule has 0 radical (unpaired) electrons. The van der Waals surface area contributed by atoms with Gasteiger partial charge in [0.25, 0.3) is 0 Å². The van der Waals surface area contributed by atoms with E-state index in [1.54, 1.807) is 0 Å². The van der Waals surface area contributed by atoms with E-state index in [0.29, 0.717) is 32.1 Å². The van der Waals surface area contributed by atoms with Crippen molar-refractivity contribution >= 4 is 17.6 Å². The van der Waals surface area contributed by atoms with Gasteiger partial charge in [-0.05, 0) is 52.1 Å². The summed E-state index contributed by atoms with van der Waals surface area (Å²) >= 11 is 0. The van der Waals surface area contributed by atoms with Crippen LogP contribution >= 0.6 is 0 Å². The van der Waals surface area contributed by atoms with Crippen molar-refractivity contribution in [3.05, 3.63) is 29.8 Å². The lowest BCUT2D eigenvalue weighted by atomic mass is 10.0. The second kappa shape index (κ2) is 13.5. The van der Waals surface area contributed by atoms with Gasteiger partial charge < -0.3 is 25.3 Å². The smallest absolute Gasteiger partial charge is 0.317 e. The Hall–Kier alpha value is -2.20. The van der Waals surface area contributed by atoms with Gasteiger partial charge in [0.05, 0.1) is 13.1 Å². The van der Waals surface area contributed by atoms with E-state index in [4.69, 9.17) is 0 Å². The predicted octanol–water partition coefficient (Wildman–Crippen LogP) is 1.07. The third-order valence-electron chi connectivity index (χ3n) is 5.99. The molecule has 1 heterocycles. The summed E-state index contributed by atoms with van der Waals surface area (Å²) in [7, 11) is 4.12. The standard InChI is InChI=1S/C24H41N5O4/c1-19(2)25-21-7-5-20(6-8-21)15-22-16-28(17-23(30)31)13-11-26(3)9-10-27(4)12-14-29(22)18-24(32)33/h5-8,19,22,25H,9-18H2,1-4H3,(H,30,31)(H,32,33). The number of carbonyl (C=O) groups is 2. The van der Waals surface area contributed by atoms with Crippen LogP contribution in [0.25, 0.3) is 0 Å². The van der Waals surface area contributed by atoms with Gasteiger partial charge in [0, 0.05) is 63.6 Å². The summed E-state index contributed by atoms with van der Waals surface area (Å²) in [6.45, 7) is 9.10. The molecular formula is C24H41N5O4. The molecule has 0 spiro atoms. The van der Waals surface area contributed by atoms with Crippen LogP contribution in [0.1, 0.15) is 19.4 Å². The summed E-state index contributed by atoms with van der Waals surface area (Å²) in [5.74, 6) is -1.73. The van der Waals surface area contributed by atoms with Gasteiger partial charge in [-0.2, -0.15) is 0 Å². The summed E-state index contributed by atoms with van der Waals surface area (Å²) in [5.41, 5.74) is 2.16. The lowest BCUT2D eigenvalue weighted by Gasteiger charge is -2.37. The number of aliphatic carboxylic acids is 2. The quantitative estimate of drug-likeness (QED) is 0.523. The number of hydrogen-bond donors (Lipinski definition) is 3. The maximum atomic E-state index is 11.7. The van der Waals surface area contributed by atoms with Gasteiger partial charge in [0.1, 0.15) is 0 Å². The van der Waals surface area contributed by atoms with Crippen molar-refractivity contribution in [2.45, 2.75) is 32.4 Å². The third kappa shape index (κ3) is 10.5. The van der Waals surface area contributed by atoms with Crippen LogP contribution < -0.4 is 5.32 Å². The van der Waals surface area contributed by atoms with E-state index in [9.17, 15) is 19.8 Å². The molecule has 0 aliphatic carbocycles. The Labute approximate surface area is 197 Å². The Kier molecular flexibility index (Phi) is 11.1. The van der Waals surface area contributed by atoms with Crippen LogP contribution in [0.15, 0.2) is 24.3 Å². The van der Waals surface area contributed by atoms with Crippen molar-refractivity contribution in [2.75, 3.05) is 78.3 Å². The van der Waals surface area contributed by atoms with Gasteiger partial charge in [-0.3, -0.25) is 19.4 Å². The van der Waals surface area contributed by atoms with Gasteiger partial charge in [-0.25, -0.2) is 0 Å². The van der Waals surface area contributed by atoms with Gasteiger partial charge in [0.15, 0.2) is 0 Å². The van der Waals surface area contributed by atoms with Crippen molar-refractivity contribution in [2.24, 2.45) is 0 Å². The van der Waals surface area contributed by atoms with E-state index in [2.05, 4.69) is 55.2 Å². The predicted molar refractivity (Wildman–Crippen MR) is 131 cm³/mol. The molecule has 0 amide bonds. The monoisotopic (exact) mass is 463 g/mol. The van der Waals surface area contributed by atoms with Gasteiger partial charge in [-0.1, -0.05) is 12.1 Å². The van der Waals surface area contributed by atoms with Crippen LogP contribution in [0.5, 0.6) is 0 Å². The van der Waals surface area contributed by atoms with Gasteiger partial charge in [0.2, 0.25) is 0 Å². The number of rotatable bonds is 8. The topological polar surface area (TPSA) is 99.6 Å². The van der Waals surface area contributed by atoms with Crippen LogP contribution in [0.3, 0.4) is 0 Å². The van der Waals surface area contributed by atoms with Crippen LogP contribution in [0, 0.1) is 0 Å². The number of carboxylic acid groups (broad SMARTS) is 2. The van der Waals surface area contributed by atoms with E-state index in [-0.39, 0.29) is 19.1 Å². The zero-order chi connectivity index (χ0) is 24.4. The maximum Gasteiger partial charge on any atom is 0.317 e. The molecular weight excluding hydrogens is 422 g/mol. The molecule has 33 heavy (non-hydrogen) atoms. The van der Waals surface area contributed by atoms with Gasteiger partial charge in [-0.15, -0.1) is 0 Å². The number of likely N-dealkylation sites (N-methyl/N-ethyl adjacent to an activating group) is 2. The van der Waals surface area contributed by atoms with E-state index in [0.717, 1.165) is 37.4 Å². The van der Waals surface area contributed by atoms with Crippen molar-refractivity contribution in [1.82, 2.24) is 19.6 Å². The molecule has 1 unspecified atom stereocenters. The summed E-state index contributed by atoms with van der Waals surface area (Å²) in [6.07, 6.45) is 0.658. The Balaban J connectivity index is 2.28. The number of anilines is 1. The second-order valence-electron chi connectivity index (χ2n) is 9.45. The Morgan fingerprint density at radius 1 is 0.909 bits per heavy atom. The Bertz CT molecular complexity index is 743. The van der Waals surface area contributed by atoms with Crippen molar-refractivity contribution in [3.63, 3.8) is 0 Å². The zero-order valence-corrected chi connectivity index (χ0v) is 20.5. The van der Waals surface area contributed by atoms with E-state index >= 15 is 0 Å². The first-order valence-electron chi connectivity index (χ1n) is 11.7. The first kappa shape index (κ1) is 27.0. The van der Waals surface area contributed by atoms with Crippen LogP contribution in [-0.4, -0.2) is 127 Å². The molecule has 1 aromatic rings. The first-order valence-corrected chi connectivity index (χ1v) is 11.7. The highest BCUT2D eigenvalue weighted by atomic mass is 16.4. The fraction of sp³-hybridized carbons (Fsp3) is 0.667. The van der Waals surface area contributed by atoms with E-state index in [1.165, 1.54) is 0 Å². The minimum Gasteiger partial charge on any atom is -0.480 e. The van der Waals surface area contributed by atoms with E-state index in [1.807, 2.05) is 21.9 Å². The van der Waals surface area contributed by atoms with Crippen molar-refractivity contribution in [1.29, 1.82) is 0 Å². The molecule has 1 aromatic carbocycles. The molecule has 1 aliphatic rings. The molecule has 0 saturated carbocycles. The molecule has 1 aliphatic heterocycles. The lowest BCUT2D eigenvalue weighted by Crippen LogP contribution is -2.52. The third-order valence-corrected chi connectivity index (χ3v) is 5.99. The van der Waals surface area contributed by atoms with Crippen LogP contribution in [-0.2, 0) is 16.0 Å².